The number of esters is 1. The Morgan fingerprint density at radius 3 is 2.67 bits per heavy atom. The number of hydrogen-bond acceptors (Lipinski definition) is 6. The summed E-state index contributed by atoms with van der Waals surface area (Å²) in [6.07, 6.45) is 3.57. The van der Waals surface area contributed by atoms with Crippen LogP contribution < -0.4 is 0 Å². The summed E-state index contributed by atoms with van der Waals surface area (Å²) in [6, 6.07) is 3.70. The number of nitrogens with zero attached hydrogens (tertiary/aromatic N) is 3. The molecule has 3 rings (SSSR count). The minimum atomic E-state index is -0.466. The van der Waals surface area contributed by atoms with E-state index >= 15 is 0 Å². The zero-order chi connectivity index (χ0) is 19.7. The molecule has 1 aromatic heterocycles. The van der Waals surface area contributed by atoms with E-state index in [-0.39, 0.29) is 11.5 Å². The summed E-state index contributed by atoms with van der Waals surface area (Å²) in [5.74, 6) is -0.419. The van der Waals surface area contributed by atoms with Gasteiger partial charge in [-0.3, -0.25) is 4.90 Å². The first kappa shape index (κ1) is 19.6. The first-order valence-electron chi connectivity index (χ1n) is 9.43. The molecule has 1 aromatic rings. The number of ether oxygens (including phenoxy) is 2. The number of amides is 1. The number of aromatic nitrogens is 1. The van der Waals surface area contributed by atoms with Crippen LogP contribution in [0.25, 0.3) is 0 Å². The highest BCUT2D eigenvalue weighted by Crippen LogP contribution is 2.40. The second-order valence-corrected chi connectivity index (χ2v) is 8.69. The quantitative estimate of drug-likeness (QED) is 0.757. The van der Waals surface area contributed by atoms with Gasteiger partial charge in [0.25, 0.3) is 0 Å². The minimum Gasteiger partial charge on any atom is -0.464 e. The third kappa shape index (κ3) is 4.77. The Morgan fingerprint density at radius 2 is 2.00 bits per heavy atom. The molecule has 1 spiro atoms. The van der Waals surface area contributed by atoms with Gasteiger partial charge < -0.3 is 14.4 Å². The molecule has 2 aliphatic rings. The van der Waals surface area contributed by atoms with Gasteiger partial charge >= 0.3 is 12.1 Å². The molecule has 0 atom stereocenters. The molecule has 0 N–H and O–H groups in total. The molecule has 2 saturated heterocycles. The highest BCUT2D eigenvalue weighted by Gasteiger charge is 2.46. The lowest BCUT2D eigenvalue weighted by molar-refractivity contribution is -0.0634. The normalized spacial score (nSPS) is 19.5. The van der Waals surface area contributed by atoms with E-state index in [1.807, 2.05) is 31.7 Å². The molecule has 7 heteroatoms. The number of carbonyl (C=O) groups excluding carboxylic acids is 2. The number of hydrogen-bond donors (Lipinski definition) is 0. The van der Waals surface area contributed by atoms with Gasteiger partial charge in [-0.1, -0.05) is 0 Å². The molecule has 3 heterocycles. The Morgan fingerprint density at radius 1 is 1.26 bits per heavy atom. The maximum atomic E-state index is 12.4. The summed E-state index contributed by atoms with van der Waals surface area (Å²) in [7, 11) is 1.36. The van der Waals surface area contributed by atoms with Crippen molar-refractivity contribution in [3.05, 3.63) is 29.6 Å². The van der Waals surface area contributed by atoms with Crippen LogP contribution >= 0.6 is 0 Å². The average Bonchev–Trinajstić information content (AvgIpc) is 2.59. The second kappa shape index (κ2) is 7.46. The van der Waals surface area contributed by atoms with Crippen molar-refractivity contribution < 1.29 is 19.1 Å². The SMILES string of the molecule is COC(=O)c1cc(CN2CC3(CCCN(C(=O)OC(C)(C)C)C3)C2)ccn1. The van der Waals surface area contributed by atoms with Crippen molar-refractivity contribution in [2.75, 3.05) is 33.3 Å². The number of carbonyl (C=O) groups is 2. The maximum absolute atomic E-state index is 12.4. The zero-order valence-corrected chi connectivity index (χ0v) is 16.7. The third-order valence-electron chi connectivity index (χ3n) is 5.06. The van der Waals surface area contributed by atoms with Crippen molar-refractivity contribution in [2.24, 2.45) is 5.41 Å². The summed E-state index contributed by atoms with van der Waals surface area (Å²) in [5, 5.41) is 0. The minimum absolute atomic E-state index is 0.160. The Labute approximate surface area is 160 Å². The number of likely N-dealkylation sites (tertiary alicyclic amines) is 2. The molecule has 2 aliphatic heterocycles. The van der Waals surface area contributed by atoms with Crippen LogP contribution in [0.2, 0.25) is 0 Å². The molecule has 2 fully saturated rings. The Kier molecular flexibility index (Phi) is 5.42. The van der Waals surface area contributed by atoms with Gasteiger partial charge in [0.05, 0.1) is 7.11 Å². The molecule has 148 valence electrons. The van der Waals surface area contributed by atoms with Crippen LogP contribution in [-0.4, -0.2) is 65.7 Å². The topological polar surface area (TPSA) is 72.0 Å². The second-order valence-electron chi connectivity index (χ2n) is 8.69. The van der Waals surface area contributed by atoms with Crippen LogP contribution in [0.3, 0.4) is 0 Å². The molecule has 0 saturated carbocycles. The van der Waals surface area contributed by atoms with Crippen LogP contribution in [0, 0.1) is 5.41 Å². The number of rotatable bonds is 3. The Hall–Kier alpha value is -2.15. The predicted octanol–water partition coefficient (Wildman–Crippen LogP) is 2.70. The van der Waals surface area contributed by atoms with E-state index < -0.39 is 11.6 Å². The summed E-state index contributed by atoms with van der Waals surface area (Å²) in [4.78, 5) is 32.3. The summed E-state index contributed by atoms with van der Waals surface area (Å²) < 4.78 is 10.3. The molecule has 0 unspecified atom stereocenters. The van der Waals surface area contributed by atoms with Crippen LogP contribution in [0.15, 0.2) is 18.3 Å². The summed E-state index contributed by atoms with van der Waals surface area (Å²) in [5.41, 5.74) is 1.07. The van der Waals surface area contributed by atoms with Crippen molar-refractivity contribution >= 4 is 12.1 Å². The van der Waals surface area contributed by atoms with Gasteiger partial charge in [0, 0.05) is 44.3 Å². The molecule has 0 radical (unpaired) electrons. The van der Waals surface area contributed by atoms with Crippen molar-refractivity contribution in [1.29, 1.82) is 0 Å². The van der Waals surface area contributed by atoms with Gasteiger partial charge in [-0.05, 0) is 51.3 Å². The van der Waals surface area contributed by atoms with Gasteiger partial charge in [0.15, 0.2) is 0 Å². The monoisotopic (exact) mass is 375 g/mol. The first-order chi connectivity index (χ1) is 12.7. The van der Waals surface area contributed by atoms with Crippen LogP contribution in [-0.2, 0) is 16.0 Å². The zero-order valence-electron chi connectivity index (χ0n) is 16.7. The maximum Gasteiger partial charge on any atom is 0.410 e. The van der Waals surface area contributed by atoms with E-state index in [0.717, 1.165) is 51.1 Å². The number of methoxy groups -OCH3 is 1. The molecule has 0 bridgehead atoms. The molecular formula is C20H29N3O4. The molecule has 0 aliphatic carbocycles. The molecule has 27 heavy (non-hydrogen) atoms. The van der Waals surface area contributed by atoms with Gasteiger partial charge in [-0.2, -0.15) is 0 Å². The van der Waals surface area contributed by atoms with Crippen molar-refractivity contribution in [3.8, 4) is 0 Å². The largest absolute Gasteiger partial charge is 0.464 e. The van der Waals surface area contributed by atoms with Gasteiger partial charge in [-0.25, -0.2) is 14.6 Å². The molecule has 1 amide bonds. The van der Waals surface area contributed by atoms with Crippen LogP contribution in [0.1, 0.15) is 49.7 Å². The van der Waals surface area contributed by atoms with E-state index in [9.17, 15) is 9.59 Å². The van der Waals surface area contributed by atoms with E-state index in [4.69, 9.17) is 9.47 Å². The average molecular weight is 375 g/mol. The Balaban J connectivity index is 1.55. The van der Waals surface area contributed by atoms with Crippen LogP contribution in [0.5, 0.6) is 0 Å². The van der Waals surface area contributed by atoms with E-state index in [2.05, 4.69) is 9.88 Å². The number of pyridine rings is 1. The summed E-state index contributed by atoms with van der Waals surface area (Å²) in [6.45, 7) is 9.86. The fourth-order valence-corrected chi connectivity index (χ4v) is 4.01. The van der Waals surface area contributed by atoms with E-state index in [0.29, 0.717) is 5.69 Å². The first-order valence-corrected chi connectivity index (χ1v) is 9.43. The fraction of sp³-hybridized carbons (Fsp3) is 0.650. The van der Waals surface area contributed by atoms with Gasteiger partial charge in [0.1, 0.15) is 11.3 Å². The fourth-order valence-electron chi connectivity index (χ4n) is 4.01. The summed E-state index contributed by atoms with van der Waals surface area (Å²) >= 11 is 0. The lowest BCUT2D eigenvalue weighted by atomic mass is 9.73. The van der Waals surface area contributed by atoms with Gasteiger partial charge in [0.2, 0.25) is 0 Å². The van der Waals surface area contributed by atoms with Crippen molar-refractivity contribution in [2.45, 2.75) is 45.8 Å². The lowest BCUT2D eigenvalue weighted by Gasteiger charge is -2.54. The lowest BCUT2D eigenvalue weighted by Crippen LogP contribution is -2.63. The molecule has 0 aromatic carbocycles. The molecular weight excluding hydrogens is 346 g/mol. The highest BCUT2D eigenvalue weighted by atomic mass is 16.6. The van der Waals surface area contributed by atoms with E-state index in [1.54, 1.807) is 12.3 Å². The highest BCUT2D eigenvalue weighted by molar-refractivity contribution is 5.87. The predicted molar refractivity (Wildman–Crippen MR) is 100 cm³/mol. The van der Waals surface area contributed by atoms with Crippen LogP contribution in [0.4, 0.5) is 4.79 Å². The third-order valence-corrected chi connectivity index (χ3v) is 5.06. The van der Waals surface area contributed by atoms with E-state index in [1.165, 1.54) is 7.11 Å². The standard InChI is InChI=1S/C20H29N3O4/c1-19(2,3)27-18(25)23-9-5-7-20(14-23)12-22(13-20)11-15-6-8-21-16(10-15)17(24)26-4/h6,8,10H,5,7,9,11-14H2,1-4H3. The van der Waals surface area contributed by atoms with Gasteiger partial charge in [-0.15, -0.1) is 0 Å². The Bertz CT molecular complexity index is 707. The van der Waals surface area contributed by atoms with Crippen molar-refractivity contribution in [1.82, 2.24) is 14.8 Å². The van der Waals surface area contributed by atoms with Crippen molar-refractivity contribution in [3.63, 3.8) is 0 Å². The smallest absolute Gasteiger partial charge is 0.410 e. The number of piperidine rings is 1. The molecule has 7 nitrogen and oxygen atoms in total.